The molecular formula is C12H24N2O3. The fourth-order valence-corrected chi connectivity index (χ4v) is 1.66. The van der Waals surface area contributed by atoms with Crippen LogP contribution >= 0.6 is 0 Å². The molecule has 0 bridgehead atoms. The van der Waals surface area contributed by atoms with E-state index in [1.54, 1.807) is 0 Å². The summed E-state index contributed by atoms with van der Waals surface area (Å²) in [7, 11) is 0. The van der Waals surface area contributed by atoms with Crippen molar-refractivity contribution in [3.8, 4) is 0 Å². The quantitative estimate of drug-likeness (QED) is 0.596. The third-order valence-electron chi connectivity index (χ3n) is 2.45. The van der Waals surface area contributed by atoms with Gasteiger partial charge in [0.05, 0.1) is 0 Å². The molecule has 0 rings (SSSR count). The average molecular weight is 244 g/mol. The highest BCUT2D eigenvalue weighted by atomic mass is 16.4. The lowest BCUT2D eigenvalue weighted by Gasteiger charge is -2.17. The zero-order chi connectivity index (χ0) is 13.4. The highest BCUT2D eigenvalue weighted by Crippen LogP contribution is 2.06. The van der Waals surface area contributed by atoms with Crippen LogP contribution in [0.15, 0.2) is 0 Å². The standard InChI is InChI=1S/C12H24N2O3/c1-4-5-9(13)7-11(15)14-10(12(16)17)6-8(2)3/h8-10H,4-7,13H2,1-3H3,(H,14,15)(H,16,17)/t9?,10-/m1/s1. The maximum atomic E-state index is 11.6. The van der Waals surface area contributed by atoms with Crippen molar-refractivity contribution in [2.24, 2.45) is 11.7 Å². The molecule has 0 aliphatic carbocycles. The molecule has 5 heteroatoms. The summed E-state index contributed by atoms with van der Waals surface area (Å²) in [5.74, 6) is -1.05. The van der Waals surface area contributed by atoms with Crippen molar-refractivity contribution >= 4 is 11.9 Å². The maximum Gasteiger partial charge on any atom is 0.326 e. The van der Waals surface area contributed by atoms with Crippen LogP contribution in [0.5, 0.6) is 0 Å². The van der Waals surface area contributed by atoms with Gasteiger partial charge in [0.15, 0.2) is 0 Å². The van der Waals surface area contributed by atoms with Crippen LogP contribution in [0.3, 0.4) is 0 Å². The van der Waals surface area contributed by atoms with Gasteiger partial charge in [-0.2, -0.15) is 0 Å². The Morgan fingerprint density at radius 2 is 1.94 bits per heavy atom. The Morgan fingerprint density at radius 1 is 1.35 bits per heavy atom. The highest BCUT2D eigenvalue weighted by molar-refractivity contribution is 5.83. The molecule has 1 amide bonds. The fraction of sp³-hybridized carbons (Fsp3) is 0.833. The fourth-order valence-electron chi connectivity index (χ4n) is 1.66. The zero-order valence-electron chi connectivity index (χ0n) is 10.9. The molecular weight excluding hydrogens is 220 g/mol. The number of amides is 1. The van der Waals surface area contributed by atoms with Gasteiger partial charge in [0.25, 0.3) is 0 Å². The first kappa shape index (κ1) is 15.9. The lowest BCUT2D eigenvalue weighted by molar-refractivity contribution is -0.142. The minimum absolute atomic E-state index is 0.187. The second-order valence-electron chi connectivity index (χ2n) is 4.84. The Labute approximate surface area is 103 Å². The first-order valence-electron chi connectivity index (χ1n) is 6.14. The molecule has 0 aromatic carbocycles. The Balaban J connectivity index is 4.17. The third kappa shape index (κ3) is 7.74. The van der Waals surface area contributed by atoms with Gasteiger partial charge in [-0.3, -0.25) is 4.79 Å². The molecule has 100 valence electrons. The van der Waals surface area contributed by atoms with Gasteiger partial charge in [-0.15, -0.1) is 0 Å². The molecule has 0 aromatic heterocycles. The van der Waals surface area contributed by atoms with E-state index in [1.807, 2.05) is 20.8 Å². The van der Waals surface area contributed by atoms with Crippen molar-refractivity contribution < 1.29 is 14.7 Å². The van der Waals surface area contributed by atoms with Crippen LogP contribution in [0.1, 0.15) is 46.5 Å². The molecule has 0 aliphatic heterocycles. The number of carbonyl (C=O) groups excluding carboxylic acids is 1. The molecule has 0 heterocycles. The van der Waals surface area contributed by atoms with Crippen LogP contribution in [-0.4, -0.2) is 29.1 Å². The minimum Gasteiger partial charge on any atom is -0.480 e. The summed E-state index contributed by atoms with van der Waals surface area (Å²) < 4.78 is 0. The third-order valence-corrected chi connectivity index (χ3v) is 2.45. The number of carboxylic acids is 1. The number of carboxylic acid groups (broad SMARTS) is 1. The van der Waals surface area contributed by atoms with Gasteiger partial charge >= 0.3 is 5.97 Å². The number of nitrogens with one attached hydrogen (secondary N) is 1. The van der Waals surface area contributed by atoms with Crippen LogP contribution in [0.25, 0.3) is 0 Å². The van der Waals surface area contributed by atoms with E-state index in [9.17, 15) is 9.59 Å². The predicted molar refractivity (Wildman–Crippen MR) is 66.5 cm³/mol. The average Bonchev–Trinajstić information content (AvgIpc) is 2.15. The second kappa shape index (κ2) is 8.06. The Morgan fingerprint density at radius 3 is 2.35 bits per heavy atom. The summed E-state index contributed by atoms with van der Waals surface area (Å²) in [5, 5.41) is 11.5. The number of hydrogen-bond acceptors (Lipinski definition) is 3. The van der Waals surface area contributed by atoms with Crippen molar-refractivity contribution in [1.82, 2.24) is 5.32 Å². The van der Waals surface area contributed by atoms with Gasteiger partial charge in [-0.1, -0.05) is 27.2 Å². The van der Waals surface area contributed by atoms with Crippen molar-refractivity contribution in [2.45, 2.75) is 58.5 Å². The lowest BCUT2D eigenvalue weighted by Crippen LogP contribution is -2.43. The van der Waals surface area contributed by atoms with Crippen molar-refractivity contribution in [3.05, 3.63) is 0 Å². The molecule has 0 aromatic rings. The Bertz CT molecular complexity index is 254. The van der Waals surface area contributed by atoms with E-state index in [-0.39, 0.29) is 24.3 Å². The van der Waals surface area contributed by atoms with E-state index in [4.69, 9.17) is 10.8 Å². The van der Waals surface area contributed by atoms with Crippen LogP contribution in [0, 0.1) is 5.92 Å². The molecule has 5 nitrogen and oxygen atoms in total. The summed E-state index contributed by atoms with van der Waals surface area (Å²) in [5.41, 5.74) is 5.73. The van der Waals surface area contributed by atoms with Crippen molar-refractivity contribution in [1.29, 1.82) is 0 Å². The SMILES string of the molecule is CCCC(N)CC(=O)N[C@H](CC(C)C)C(=O)O. The molecule has 0 aliphatic rings. The summed E-state index contributed by atoms with van der Waals surface area (Å²) in [6.07, 6.45) is 2.32. The van der Waals surface area contributed by atoms with Gasteiger partial charge in [-0.05, 0) is 18.8 Å². The van der Waals surface area contributed by atoms with Crippen LogP contribution < -0.4 is 11.1 Å². The van der Waals surface area contributed by atoms with Crippen molar-refractivity contribution in [2.75, 3.05) is 0 Å². The van der Waals surface area contributed by atoms with E-state index < -0.39 is 12.0 Å². The van der Waals surface area contributed by atoms with Gasteiger partial charge < -0.3 is 16.2 Å². The van der Waals surface area contributed by atoms with E-state index in [2.05, 4.69) is 5.32 Å². The second-order valence-corrected chi connectivity index (χ2v) is 4.84. The van der Waals surface area contributed by atoms with Gasteiger partial charge in [0.1, 0.15) is 6.04 Å². The van der Waals surface area contributed by atoms with Gasteiger partial charge in [-0.25, -0.2) is 4.79 Å². The smallest absolute Gasteiger partial charge is 0.326 e. The van der Waals surface area contributed by atoms with E-state index in [1.165, 1.54) is 0 Å². The van der Waals surface area contributed by atoms with Crippen LogP contribution in [0.2, 0.25) is 0 Å². The largest absolute Gasteiger partial charge is 0.480 e. The summed E-state index contributed by atoms with van der Waals surface area (Å²) in [4.78, 5) is 22.5. The van der Waals surface area contributed by atoms with E-state index in [0.29, 0.717) is 6.42 Å². The molecule has 17 heavy (non-hydrogen) atoms. The van der Waals surface area contributed by atoms with E-state index >= 15 is 0 Å². The summed E-state index contributed by atoms with van der Waals surface area (Å²) in [6.45, 7) is 5.84. The molecule has 0 fully saturated rings. The molecule has 0 radical (unpaired) electrons. The normalized spacial score (nSPS) is 14.4. The highest BCUT2D eigenvalue weighted by Gasteiger charge is 2.21. The molecule has 0 spiro atoms. The number of carbonyl (C=O) groups is 2. The van der Waals surface area contributed by atoms with Gasteiger partial charge in [0.2, 0.25) is 5.91 Å². The minimum atomic E-state index is -0.990. The number of hydrogen-bond donors (Lipinski definition) is 3. The lowest BCUT2D eigenvalue weighted by atomic mass is 10.0. The summed E-state index contributed by atoms with van der Waals surface area (Å²) in [6, 6.07) is -0.996. The van der Waals surface area contributed by atoms with Gasteiger partial charge in [0, 0.05) is 12.5 Å². The number of rotatable bonds is 8. The molecule has 4 N–H and O–H groups in total. The predicted octanol–water partition coefficient (Wildman–Crippen LogP) is 1.12. The molecule has 2 atom stereocenters. The summed E-state index contributed by atoms with van der Waals surface area (Å²) >= 11 is 0. The maximum absolute atomic E-state index is 11.6. The zero-order valence-corrected chi connectivity index (χ0v) is 10.9. The Kier molecular flexibility index (Phi) is 7.54. The first-order chi connectivity index (χ1) is 7.86. The van der Waals surface area contributed by atoms with Crippen molar-refractivity contribution in [3.63, 3.8) is 0 Å². The molecule has 1 unspecified atom stereocenters. The number of nitrogens with two attached hydrogens (primary N) is 1. The molecule has 0 saturated carbocycles. The number of aliphatic carboxylic acids is 1. The Hall–Kier alpha value is -1.10. The van der Waals surface area contributed by atoms with Crippen LogP contribution in [-0.2, 0) is 9.59 Å². The molecule has 0 saturated heterocycles. The van der Waals surface area contributed by atoms with Crippen LogP contribution in [0.4, 0.5) is 0 Å². The van der Waals surface area contributed by atoms with E-state index in [0.717, 1.165) is 12.8 Å². The topological polar surface area (TPSA) is 92.4 Å². The first-order valence-corrected chi connectivity index (χ1v) is 6.14. The monoisotopic (exact) mass is 244 g/mol.